The zero-order valence-electron chi connectivity index (χ0n) is 9.48. The SMILES string of the molecule is O=Cc1ccc(C2(CO)CCCCC2)cc1. The lowest BCUT2D eigenvalue weighted by Crippen LogP contribution is -2.32. The summed E-state index contributed by atoms with van der Waals surface area (Å²) in [5, 5.41) is 9.65. The van der Waals surface area contributed by atoms with Crippen molar-refractivity contribution in [2.45, 2.75) is 37.5 Å². The van der Waals surface area contributed by atoms with Gasteiger partial charge in [0.15, 0.2) is 0 Å². The molecule has 2 nitrogen and oxygen atoms in total. The second-order valence-corrected chi connectivity index (χ2v) is 4.74. The van der Waals surface area contributed by atoms with E-state index in [1.54, 1.807) is 0 Å². The summed E-state index contributed by atoms with van der Waals surface area (Å²) in [6.07, 6.45) is 6.63. The fraction of sp³-hybridized carbons (Fsp3) is 0.500. The summed E-state index contributed by atoms with van der Waals surface area (Å²) in [5.41, 5.74) is 1.83. The maximum Gasteiger partial charge on any atom is 0.150 e. The summed E-state index contributed by atoms with van der Waals surface area (Å²) < 4.78 is 0. The molecule has 1 aliphatic rings. The Hall–Kier alpha value is -1.15. The number of hydrogen-bond acceptors (Lipinski definition) is 2. The zero-order valence-corrected chi connectivity index (χ0v) is 9.48. The van der Waals surface area contributed by atoms with Crippen LogP contribution < -0.4 is 0 Å². The van der Waals surface area contributed by atoms with Gasteiger partial charge in [-0.2, -0.15) is 0 Å². The number of benzene rings is 1. The van der Waals surface area contributed by atoms with Crippen LogP contribution >= 0.6 is 0 Å². The molecule has 0 radical (unpaired) electrons. The molecule has 2 heteroatoms. The van der Waals surface area contributed by atoms with Crippen LogP contribution in [0, 0.1) is 0 Å². The second kappa shape index (κ2) is 4.79. The van der Waals surface area contributed by atoms with Crippen LogP contribution in [0.15, 0.2) is 24.3 Å². The van der Waals surface area contributed by atoms with E-state index < -0.39 is 0 Å². The van der Waals surface area contributed by atoms with Crippen LogP contribution in [0.1, 0.15) is 48.0 Å². The Morgan fingerprint density at radius 3 is 2.25 bits per heavy atom. The van der Waals surface area contributed by atoms with Crippen molar-refractivity contribution in [1.82, 2.24) is 0 Å². The van der Waals surface area contributed by atoms with Crippen LogP contribution in [0.3, 0.4) is 0 Å². The van der Waals surface area contributed by atoms with E-state index in [0.29, 0.717) is 5.56 Å². The number of aliphatic hydroxyl groups excluding tert-OH is 1. The van der Waals surface area contributed by atoms with Crippen LogP contribution in [-0.4, -0.2) is 18.0 Å². The summed E-state index contributed by atoms with van der Waals surface area (Å²) in [5.74, 6) is 0. The molecule has 1 aromatic rings. The molecule has 1 aromatic carbocycles. The molecule has 1 aliphatic carbocycles. The zero-order chi connectivity index (χ0) is 11.4. The van der Waals surface area contributed by atoms with Gasteiger partial charge in [-0.25, -0.2) is 0 Å². The van der Waals surface area contributed by atoms with Gasteiger partial charge in [0.05, 0.1) is 6.61 Å². The number of carbonyl (C=O) groups is 1. The maximum absolute atomic E-state index is 10.6. The van der Waals surface area contributed by atoms with Crippen LogP contribution in [0.5, 0.6) is 0 Å². The third kappa shape index (κ3) is 2.03. The van der Waals surface area contributed by atoms with Crippen LogP contribution in [0.25, 0.3) is 0 Å². The monoisotopic (exact) mass is 218 g/mol. The van der Waals surface area contributed by atoms with Gasteiger partial charge in [0, 0.05) is 11.0 Å². The number of rotatable bonds is 3. The topological polar surface area (TPSA) is 37.3 Å². The third-order valence-electron chi connectivity index (χ3n) is 3.77. The predicted octanol–water partition coefficient (Wildman–Crippen LogP) is 2.69. The highest BCUT2D eigenvalue weighted by Gasteiger charge is 2.32. The number of aldehydes is 1. The lowest BCUT2D eigenvalue weighted by molar-refractivity contribution is 0.112. The van der Waals surface area contributed by atoms with Gasteiger partial charge in [0.1, 0.15) is 6.29 Å². The molecule has 0 aliphatic heterocycles. The summed E-state index contributed by atoms with van der Waals surface area (Å²) in [6.45, 7) is 0.216. The van der Waals surface area contributed by atoms with E-state index in [4.69, 9.17) is 0 Å². The quantitative estimate of drug-likeness (QED) is 0.792. The van der Waals surface area contributed by atoms with Gasteiger partial charge in [0.2, 0.25) is 0 Å². The molecule has 0 bridgehead atoms. The molecule has 0 heterocycles. The highest BCUT2D eigenvalue weighted by Crippen LogP contribution is 2.38. The van der Waals surface area contributed by atoms with Gasteiger partial charge >= 0.3 is 0 Å². The first-order valence-electron chi connectivity index (χ1n) is 5.97. The largest absolute Gasteiger partial charge is 0.395 e. The molecule has 0 unspecified atom stereocenters. The molecule has 0 aromatic heterocycles. The predicted molar refractivity (Wildman–Crippen MR) is 63.7 cm³/mol. The first-order valence-corrected chi connectivity index (χ1v) is 5.97. The summed E-state index contributed by atoms with van der Waals surface area (Å²) in [4.78, 5) is 10.6. The number of carbonyl (C=O) groups excluding carboxylic acids is 1. The molecule has 1 fully saturated rings. The molecule has 0 saturated heterocycles. The van der Waals surface area contributed by atoms with E-state index in [-0.39, 0.29) is 12.0 Å². The van der Waals surface area contributed by atoms with Crippen molar-refractivity contribution in [3.05, 3.63) is 35.4 Å². The minimum Gasteiger partial charge on any atom is -0.395 e. The lowest BCUT2D eigenvalue weighted by Gasteiger charge is -2.36. The van der Waals surface area contributed by atoms with E-state index >= 15 is 0 Å². The van der Waals surface area contributed by atoms with Gasteiger partial charge < -0.3 is 5.11 Å². The van der Waals surface area contributed by atoms with Crippen molar-refractivity contribution in [2.24, 2.45) is 0 Å². The Morgan fingerprint density at radius 2 is 1.75 bits per heavy atom. The van der Waals surface area contributed by atoms with Crippen LogP contribution in [-0.2, 0) is 5.41 Å². The van der Waals surface area contributed by atoms with Crippen molar-refractivity contribution in [3.8, 4) is 0 Å². The van der Waals surface area contributed by atoms with Gasteiger partial charge in [-0.05, 0) is 18.4 Å². The Balaban J connectivity index is 2.28. The van der Waals surface area contributed by atoms with E-state index in [0.717, 1.165) is 19.1 Å². The van der Waals surface area contributed by atoms with Crippen LogP contribution in [0.4, 0.5) is 0 Å². The average Bonchev–Trinajstić information content (AvgIpc) is 2.39. The lowest BCUT2D eigenvalue weighted by atomic mass is 9.70. The van der Waals surface area contributed by atoms with Crippen molar-refractivity contribution in [1.29, 1.82) is 0 Å². The normalized spacial score (nSPS) is 19.3. The van der Waals surface area contributed by atoms with E-state index in [9.17, 15) is 9.90 Å². The molecule has 16 heavy (non-hydrogen) atoms. The Bertz CT molecular complexity index is 348. The molecule has 0 amide bonds. The molecule has 0 spiro atoms. The molecular weight excluding hydrogens is 200 g/mol. The van der Waals surface area contributed by atoms with Crippen molar-refractivity contribution >= 4 is 6.29 Å². The molecule has 1 saturated carbocycles. The first kappa shape index (κ1) is 11.3. The fourth-order valence-corrected chi connectivity index (χ4v) is 2.68. The third-order valence-corrected chi connectivity index (χ3v) is 3.77. The first-order chi connectivity index (χ1) is 7.80. The van der Waals surface area contributed by atoms with Gasteiger partial charge in [-0.3, -0.25) is 4.79 Å². The van der Waals surface area contributed by atoms with Crippen molar-refractivity contribution in [3.63, 3.8) is 0 Å². The molecule has 0 atom stereocenters. The van der Waals surface area contributed by atoms with E-state index in [2.05, 4.69) is 0 Å². The molecule has 1 N–H and O–H groups in total. The molecule has 2 rings (SSSR count). The molecular formula is C14H18O2. The van der Waals surface area contributed by atoms with Crippen molar-refractivity contribution < 1.29 is 9.90 Å². The Morgan fingerprint density at radius 1 is 1.12 bits per heavy atom. The number of aliphatic hydroxyl groups is 1. The smallest absolute Gasteiger partial charge is 0.150 e. The summed E-state index contributed by atoms with van der Waals surface area (Å²) in [7, 11) is 0. The summed E-state index contributed by atoms with van der Waals surface area (Å²) in [6, 6.07) is 7.67. The minimum atomic E-state index is -0.0559. The number of hydrogen-bond donors (Lipinski definition) is 1. The Kier molecular flexibility index (Phi) is 3.39. The second-order valence-electron chi connectivity index (χ2n) is 4.74. The maximum atomic E-state index is 10.6. The highest BCUT2D eigenvalue weighted by molar-refractivity contribution is 5.74. The van der Waals surface area contributed by atoms with Crippen molar-refractivity contribution in [2.75, 3.05) is 6.61 Å². The standard InChI is InChI=1S/C14H18O2/c15-10-12-4-6-13(7-5-12)14(11-16)8-2-1-3-9-14/h4-7,10,16H,1-3,8-9,11H2. The Labute approximate surface area is 96.3 Å². The average molecular weight is 218 g/mol. The van der Waals surface area contributed by atoms with E-state index in [1.807, 2.05) is 24.3 Å². The molecule has 86 valence electrons. The van der Waals surface area contributed by atoms with Gasteiger partial charge in [-0.1, -0.05) is 43.5 Å². The van der Waals surface area contributed by atoms with Gasteiger partial charge in [0.25, 0.3) is 0 Å². The van der Waals surface area contributed by atoms with Gasteiger partial charge in [-0.15, -0.1) is 0 Å². The summed E-state index contributed by atoms with van der Waals surface area (Å²) >= 11 is 0. The minimum absolute atomic E-state index is 0.0559. The highest BCUT2D eigenvalue weighted by atomic mass is 16.3. The van der Waals surface area contributed by atoms with E-state index in [1.165, 1.54) is 24.8 Å². The van der Waals surface area contributed by atoms with Crippen LogP contribution in [0.2, 0.25) is 0 Å². The fourth-order valence-electron chi connectivity index (χ4n) is 2.68.